The Morgan fingerprint density at radius 3 is 2.94 bits per heavy atom. The van der Waals surface area contributed by atoms with E-state index in [1.54, 1.807) is 0 Å². The lowest BCUT2D eigenvalue weighted by molar-refractivity contribution is 0.263. The highest BCUT2D eigenvalue weighted by Gasteiger charge is 2.41. The summed E-state index contributed by atoms with van der Waals surface area (Å²) in [5, 5.41) is 3.61. The fourth-order valence-corrected chi connectivity index (χ4v) is 3.04. The molecule has 0 saturated heterocycles. The minimum Gasteiger partial charge on any atom is -0.493 e. The van der Waals surface area contributed by atoms with Crippen molar-refractivity contribution in [1.29, 1.82) is 0 Å². The van der Waals surface area contributed by atoms with Gasteiger partial charge in [-0.05, 0) is 36.3 Å². The van der Waals surface area contributed by atoms with Gasteiger partial charge in [0, 0.05) is 24.9 Å². The second kappa shape index (κ2) is 5.10. The quantitative estimate of drug-likeness (QED) is 0.826. The predicted octanol–water partition coefficient (Wildman–Crippen LogP) is 3.16. The van der Waals surface area contributed by atoms with Crippen molar-refractivity contribution in [1.82, 2.24) is 5.32 Å². The van der Waals surface area contributed by atoms with Gasteiger partial charge in [-0.3, -0.25) is 0 Å². The standard InChI is InChI=1S/C15H20ClNO/c16-10-15(6-7-15)11-17-9-12-5-8-18-14-4-2-1-3-13(12)14/h1-4,12,17H,5-11H2. The van der Waals surface area contributed by atoms with E-state index in [1.807, 2.05) is 6.07 Å². The molecule has 1 aliphatic heterocycles. The molecule has 1 atom stereocenters. The molecule has 0 spiro atoms. The van der Waals surface area contributed by atoms with Gasteiger partial charge in [-0.2, -0.15) is 0 Å². The van der Waals surface area contributed by atoms with Gasteiger partial charge in [-0.1, -0.05) is 18.2 Å². The van der Waals surface area contributed by atoms with Crippen LogP contribution in [0.3, 0.4) is 0 Å². The molecule has 1 aliphatic carbocycles. The van der Waals surface area contributed by atoms with Crippen LogP contribution in [0.5, 0.6) is 5.75 Å². The second-order valence-electron chi connectivity index (χ2n) is 5.64. The number of para-hydroxylation sites is 1. The summed E-state index contributed by atoms with van der Waals surface area (Å²) in [4.78, 5) is 0. The van der Waals surface area contributed by atoms with Crippen LogP contribution in [0.1, 0.15) is 30.7 Å². The largest absolute Gasteiger partial charge is 0.493 e. The number of hydrogen-bond acceptors (Lipinski definition) is 2. The van der Waals surface area contributed by atoms with Crippen molar-refractivity contribution in [3.05, 3.63) is 29.8 Å². The van der Waals surface area contributed by atoms with Crippen LogP contribution in [0, 0.1) is 5.41 Å². The SMILES string of the molecule is ClCC1(CNCC2CCOc3ccccc32)CC1. The molecule has 3 rings (SSSR count). The van der Waals surface area contributed by atoms with Gasteiger partial charge in [0.2, 0.25) is 0 Å². The molecule has 1 aromatic carbocycles. The maximum Gasteiger partial charge on any atom is 0.122 e. The van der Waals surface area contributed by atoms with E-state index in [4.69, 9.17) is 16.3 Å². The zero-order chi connectivity index (χ0) is 12.4. The molecule has 0 bridgehead atoms. The number of nitrogens with one attached hydrogen (secondary N) is 1. The van der Waals surface area contributed by atoms with E-state index in [0.29, 0.717) is 11.3 Å². The smallest absolute Gasteiger partial charge is 0.122 e. The Labute approximate surface area is 114 Å². The van der Waals surface area contributed by atoms with Gasteiger partial charge in [0.15, 0.2) is 0 Å². The molecule has 1 fully saturated rings. The number of ether oxygens (including phenoxy) is 1. The Morgan fingerprint density at radius 2 is 2.17 bits per heavy atom. The maximum absolute atomic E-state index is 6.00. The topological polar surface area (TPSA) is 21.3 Å². The van der Waals surface area contributed by atoms with E-state index >= 15 is 0 Å². The van der Waals surface area contributed by atoms with Crippen molar-refractivity contribution >= 4 is 11.6 Å². The lowest BCUT2D eigenvalue weighted by atomic mass is 9.93. The first-order valence-electron chi connectivity index (χ1n) is 6.81. The highest BCUT2D eigenvalue weighted by Crippen LogP contribution is 2.46. The molecule has 2 nitrogen and oxygen atoms in total. The highest BCUT2D eigenvalue weighted by molar-refractivity contribution is 6.18. The number of benzene rings is 1. The van der Waals surface area contributed by atoms with E-state index in [9.17, 15) is 0 Å². The molecular formula is C15H20ClNO. The van der Waals surface area contributed by atoms with Crippen molar-refractivity contribution in [2.24, 2.45) is 5.41 Å². The average molecular weight is 266 g/mol. The van der Waals surface area contributed by atoms with Gasteiger partial charge in [-0.15, -0.1) is 11.6 Å². The lowest BCUT2D eigenvalue weighted by Gasteiger charge is -2.26. The van der Waals surface area contributed by atoms with Gasteiger partial charge in [0.05, 0.1) is 6.61 Å². The summed E-state index contributed by atoms with van der Waals surface area (Å²) in [6.07, 6.45) is 3.68. The minimum absolute atomic E-state index is 0.409. The highest BCUT2D eigenvalue weighted by atomic mass is 35.5. The van der Waals surface area contributed by atoms with Gasteiger partial charge < -0.3 is 10.1 Å². The third-order valence-electron chi connectivity index (χ3n) is 4.21. The van der Waals surface area contributed by atoms with Crippen LogP contribution in [0.4, 0.5) is 0 Å². The van der Waals surface area contributed by atoms with Crippen LogP contribution in [0.2, 0.25) is 0 Å². The predicted molar refractivity (Wildman–Crippen MR) is 74.6 cm³/mol. The monoisotopic (exact) mass is 265 g/mol. The third-order valence-corrected chi connectivity index (χ3v) is 4.78. The molecule has 98 valence electrons. The Morgan fingerprint density at radius 1 is 1.33 bits per heavy atom. The van der Waals surface area contributed by atoms with Gasteiger partial charge >= 0.3 is 0 Å². The van der Waals surface area contributed by atoms with Crippen LogP contribution in [0.25, 0.3) is 0 Å². The molecular weight excluding hydrogens is 246 g/mol. The van der Waals surface area contributed by atoms with Crippen molar-refractivity contribution in [3.63, 3.8) is 0 Å². The molecule has 1 unspecified atom stereocenters. The van der Waals surface area contributed by atoms with Crippen LogP contribution in [-0.2, 0) is 0 Å². The maximum atomic E-state index is 6.00. The van der Waals surface area contributed by atoms with Crippen molar-refractivity contribution < 1.29 is 4.74 Å². The molecule has 1 heterocycles. The van der Waals surface area contributed by atoms with E-state index in [-0.39, 0.29) is 0 Å². The zero-order valence-electron chi connectivity index (χ0n) is 10.6. The molecule has 1 saturated carbocycles. The summed E-state index contributed by atoms with van der Waals surface area (Å²) in [6, 6.07) is 8.40. The van der Waals surface area contributed by atoms with E-state index < -0.39 is 0 Å². The fourth-order valence-electron chi connectivity index (χ4n) is 2.67. The number of halogens is 1. The van der Waals surface area contributed by atoms with Crippen LogP contribution < -0.4 is 10.1 Å². The Hall–Kier alpha value is -0.730. The summed E-state index contributed by atoms with van der Waals surface area (Å²) in [6.45, 7) is 2.94. The second-order valence-corrected chi connectivity index (χ2v) is 5.90. The number of fused-ring (bicyclic) bond motifs is 1. The van der Waals surface area contributed by atoms with Crippen LogP contribution in [0.15, 0.2) is 24.3 Å². The molecule has 18 heavy (non-hydrogen) atoms. The zero-order valence-corrected chi connectivity index (χ0v) is 11.4. The van der Waals surface area contributed by atoms with E-state index in [1.165, 1.54) is 18.4 Å². The summed E-state index contributed by atoms with van der Waals surface area (Å²) in [7, 11) is 0. The van der Waals surface area contributed by atoms with E-state index in [2.05, 4.69) is 23.5 Å². The van der Waals surface area contributed by atoms with Gasteiger partial charge in [0.25, 0.3) is 0 Å². The van der Waals surface area contributed by atoms with Crippen LogP contribution in [-0.4, -0.2) is 25.6 Å². The Kier molecular flexibility index (Phi) is 3.49. The summed E-state index contributed by atoms with van der Waals surface area (Å²) in [5.74, 6) is 2.44. The first-order chi connectivity index (χ1) is 8.83. The molecule has 3 heteroatoms. The molecule has 0 amide bonds. The van der Waals surface area contributed by atoms with Crippen LogP contribution >= 0.6 is 11.6 Å². The molecule has 0 radical (unpaired) electrons. The van der Waals surface area contributed by atoms with Crippen molar-refractivity contribution in [2.45, 2.75) is 25.2 Å². The van der Waals surface area contributed by atoms with E-state index in [0.717, 1.165) is 37.7 Å². The molecule has 1 N–H and O–H groups in total. The summed E-state index contributed by atoms with van der Waals surface area (Å²) in [5.41, 5.74) is 1.76. The first-order valence-corrected chi connectivity index (χ1v) is 7.35. The minimum atomic E-state index is 0.409. The number of rotatable bonds is 5. The van der Waals surface area contributed by atoms with Crippen molar-refractivity contribution in [3.8, 4) is 5.75 Å². The van der Waals surface area contributed by atoms with Gasteiger partial charge in [0.1, 0.15) is 5.75 Å². The average Bonchev–Trinajstić information content (AvgIpc) is 3.20. The molecule has 1 aromatic rings. The summed E-state index contributed by atoms with van der Waals surface area (Å²) < 4.78 is 5.69. The number of alkyl halides is 1. The Bertz CT molecular complexity index is 417. The fraction of sp³-hybridized carbons (Fsp3) is 0.600. The lowest BCUT2D eigenvalue weighted by Crippen LogP contribution is -2.31. The number of hydrogen-bond donors (Lipinski definition) is 1. The third kappa shape index (κ3) is 2.50. The summed E-state index contributed by atoms with van der Waals surface area (Å²) >= 11 is 6.00. The molecule has 0 aromatic heterocycles. The Balaban J connectivity index is 1.57. The normalized spacial score (nSPS) is 24.2. The molecule has 2 aliphatic rings. The van der Waals surface area contributed by atoms with Gasteiger partial charge in [-0.25, -0.2) is 0 Å². The van der Waals surface area contributed by atoms with Crippen molar-refractivity contribution in [2.75, 3.05) is 25.6 Å². The first kappa shape index (κ1) is 12.3.